The van der Waals surface area contributed by atoms with Gasteiger partial charge in [-0.25, -0.2) is 0 Å². The summed E-state index contributed by atoms with van der Waals surface area (Å²) < 4.78 is 4.86. The molecule has 0 aliphatic rings. The Morgan fingerprint density at radius 3 is 2.92 bits per heavy atom. The van der Waals surface area contributed by atoms with Gasteiger partial charge in [0.1, 0.15) is 0 Å². The van der Waals surface area contributed by atoms with Crippen LogP contribution in [0.25, 0.3) is 0 Å². The van der Waals surface area contributed by atoms with Gasteiger partial charge in [0, 0.05) is 5.56 Å². The fraction of sp³-hybridized carbons (Fsp3) is 0.400. The average Bonchev–Trinajstić information content (AvgIpc) is 2.51. The first-order valence-electron chi connectivity index (χ1n) is 4.03. The highest BCUT2D eigenvalue weighted by Crippen LogP contribution is 2.17. The Balaban J connectivity index is 2.50. The molecule has 0 spiro atoms. The molecule has 1 unspecified atom stereocenters. The Kier molecular flexibility index (Phi) is 3.11. The quantitative estimate of drug-likeness (QED) is 0.700. The summed E-state index contributed by atoms with van der Waals surface area (Å²) in [5, 5.41) is 9.55. The summed E-state index contributed by atoms with van der Waals surface area (Å²) in [6.07, 6.45) is 5.38. The average molecular weight is 166 g/mol. The molecule has 0 amide bonds. The molecular formula is C10H14O2. The van der Waals surface area contributed by atoms with Crippen LogP contribution in [0.1, 0.15) is 31.9 Å². The smallest absolute Gasteiger partial charge is 0.0960 e. The largest absolute Gasteiger partial charge is 0.472 e. The van der Waals surface area contributed by atoms with Crippen LogP contribution in [-0.2, 0) is 0 Å². The predicted molar refractivity (Wildman–Crippen MR) is 47.7 cm³/mol. The van der Waals surface area contributed by atoms with E-state index in [0.717, 1.165) is 5.56 Å². The van der Waals surface area contributed by atoms with Gasteiger partial charge >= 0.3 is 0 Å². The highest BCUT2D eigenvalue weighted by atomic mass is 16.3. The van der Waals surface area contributed by atoms with E-state index in [4.69, 9.17) is 4.42 Å². The fourth-order valence-electron chi connectivity index (χ4n) is 0.948. The summed E-state index contributed by atoms with van der Waals surface area (Å²) in [7, 11) is 0. The Morgan fingerprint density at radius 2 is 2.42 bits per heavy atom. The second-order valence-electron chi connectivity index (χ2n) is 3.09. The van der Waals surface area contributed by atoms with Gasteiger partial charge in [0.2, 0.25) is 0 Å². The number of hydrogen-bond donors (Lipinski definition) is 1. The Bertz CT molecular complexity index is 243. The second kappa shape index (κ2) is 4.12. The maximum atomic E-state index is 9.55. The molecule has 0 saturated heterocycles. The Labute approximate surface area is 72.5 Å². The van der Waals surface area contributed by atoms with Crippen molar-refractivity contribution in [1.29, 1.82) is 0 Å². The normalized spacial score (nSPS) is 12.6. The van der Waals surface area contributed by atoms with Crippen LogP contribution in [-0.4, -0.2) is 5.11 Å². The third kappa shape index (κ3) is 2.55. The molecule has 0 saturated carbocycles. The van der Waals surface area contributed by atoms with Gasteiger partial charge in [-0.3, -0.25) is 0 Å². The summed E-state index contributed by atoms with van der Waals surface area (Å²) >= 11 is 0. The standard InChI is InChI=1S/C10H14O2/c1-8(2)3-4-10(11)9-5-6-12-7-9/h3,5-7,10-11H,4H2,1-2H3. The van der Waals surface area contributed by atoms with Crippen LogP contribution in [0.3, 0.4) is 0 Å². The van der Waals surface area contributed by atoms with Crippen molar-refractivity contribution in [2.24, 2.45) is 0 Å². The highest BCUT2D eigenvalue weighted by molar-refractivity contribution is 5.11. The molecule has 0 aliphatic heterocycles. The molecule has 1 atom stereocenters. The zero-order valence-electron chi connectivity index (χ0n) is 7.45. The fourth-order valence-corrected chi connectivity index (χ4v) is 0.948. The van der Waals surface area contributed by atoms with Crippen molar-refractivity contribution in [3.63, 3.8) is 0 Å². The van der Waals surface area contributed by atoms with E-state index in [1.54, 1.807) is 18.6 Å². The van der Waals surface area contributed by atoms with Crippen molar-refractivity contribution >= 4 is 0 Å². The van der Waals surface area contributed by atoms with Gasteiger partial charge < -0.3 is 9.52 Å². The first kappa shape index (κ1) is 9.07. The maximum Gasteiger partial charge on any atom is 0.0960 e. The molecule has 0 fully saturated rings. The molecule has 0 bridgehead atoms. The van der Waals surface area contributed by atoms with Crippen LogP contribution in [0, 0.1) is 0 Å². The minimum atomic E-state index is -0.432. The molecule has 12 heavy (non-hydrogen) atoms. The molecule has 1 aromatic rings. The second-order valence-corrected chi connectivity index (χ2v) is 3.09. The van der Waals surface area contributed by atoms with Crippen molar-refractivity contribution in [3.05, 3.63) is 35.8 Å². The number of rotatable bonds is 3. The maximum absolute atomic E-state index is 9.55. The van der Waals surface area contributed by atoms with E-state index < -0.39 is 6.10 Å². The molecule has 1 heterocycles. The first-order chi connectivity index (χ1) is 5.70. The number of furan rings is 1. The summed E-state index contributed by atoms with van der Waals surface area (Å²) in [4.78, 5) is 0. The molecule has 2 heteroatoms. The number of aliphatic hydroxyl groups is 1. The van der Waals surface area contributed by atoms with E-state index in [1.165, 1.54) is 5.57 Å². The molecule has 0 aromatic carbocycles. The van der Waals surface area contributed by atoms with Gasteiger partial charge in [-0.1, -0.05) is 11.6 Å². The van der Waals surface area contributed by atoms with E-state index >= 15 is 0 Å². The molecule has 0 aliphatic carbocycles. The molecule has 0 radical (unpaired) electrons. The van der Waals surface area contributed by atoms with E-state index in [-0.39, 0.29) is 0 Å². The molecule has 1 N–H and O–H groups in total. The van der Waals surface area contributed by atoms with Gasteiger partial charge in [0.15, 0.2) is 0 Å². The van der Waals surface area contributed by atoms with Gasteiger partial charge in [-0.05, 0) is 26.3 Å². The number of aliphatic hydroxyl groups excluding tert-OH is 1. The molecule has 1 aromatic heterocycles. The third-order valence-electron chi connectivity index (χ3n) is 1.68. The Morgan fingerprint density at radius 1 is 1.67 bits per heavy atom. The van der Waals surface area contributed by atoms with Crippen LogP contribution in [0.2, 0.25) is 0 Å². The van der Waals surface area contributed by atoms with Crippen molar-refractivity contribution in [2.45, 2.75) is 26.4 Å². The van der Waals surface area contributed by atoms with Crippen molar-refractivity contribution in [3.8, 4) is 0 Å². The SMILES string of the molecule is CC(C)=CCC(O)c1ccoc1. The summed E-state index contributed by atoms with van der Waals surface area (Å²) in [5.74, 6) is 0. The van der Waals surface area contributed by atoms with Crippen molar-refractivity contribution in [2.75, 3.05) is 0 Å². The lowest BCUT2D eigenvalue weighted by Crippen LogP contribution is -1.92. The van der Waals surface area contributed by atoms with Crippen molar-refractivity contribution < 1.29 is 9.52 Å². The monoisotopic (exact) mass is 166 g/mol. The van der Waals surface area contributed by atoms with Gasteiger partial charge in [0.05, 0.1) is 18.6 Å². The van der Waals surface area contributed by atoms with Crippen LogP contribution < -0.4 is 0 Å². The summed E-state index contributed by atoms with van der Waals surface area (Å²) in [5.41, 5.74) is 2.06. The van der Waals surface area contributed by atoms with Crippen LogP contribution >= 0.6 is 0 Å². The first-order valence-corrected chi connectivity index (χ1v) is 4.03. The zero-order chi connectivity index (χ0) is 8.97. The number of allylic oxidation sites excluding steroid dienone is 1. The van der Waals surface area contributed by atoms with Gasteiger partial charge in [0.25, 0.3) is 0 Å². The van der Waals surface area contributed by atoms with E-state index in [0.29, 0.717) is 6.42 Å². The Hall–Kier alpha value is -1.02. The molecule has 2 nitrogen and oxygen atoms in total. The van der Waals surface area contributed by atoms with Gasteiger partial charge in [-0.15, -0.1) is 0 Å². The van der Waals surface area contributed by atoms with Crippen LogP contribution in [0.15, 0.2) is 34.7 Å². The lowest BCUT2D eigenvalue weighted by atomic mass is 10.1. The van der Waals surface area contributed by atoms with E-state index in [1.807, 2.05) is 19.9 Å². The van der Waals surface area contributed by atoms with Gasteiger partial charge in [-0.2, -0.15) is 0 Å². The van der Waals surface area contributed by atoms with Crippen molar-refractivity contribution in [1.82, 2.24) is 0 Å². The summed E-state index contributed by atoms with van der Waals surface area (Å²) in [6, 6.07) is 1.78. The summed E-state index contributed by atoms with van der Waals surface area (Å²) in [6.45, 7) is 4.03. The lowest BCUT2D eigenvalue weighted by molar-refractivity contribution is 0.180. The topological polar surface area (TPSA) is 33.4 Å². The van der Waals surface area contributed by atoms with E-state index in [2.05, 4.69) is 0 Å². The third-order valence-corrected chi connectivity index (χ3v) is 1.68. The minimum absolute atomic E-state index is 0.432. The molecule has 66 valence electrons. The van der Waals surface area contributed by atoms with Crippen LogP contribution in [0.5, 0.6) is 0 Å². The van der Waals surface area contributed by atoms with Crippen LogP contribution in [0.4, 0.5) is 0 Å². The molecular weight excluding hydrogens is 152 g/mol. The lowest BCUT2D eigenvalue weighted by Gasteiger charge is -2.03. The minimum Gasteiger partial charge on any atom is -0.472 e. The number of hydrogen-bond acceptors (Lipinski definition) is 2. The van der Waals surface area contributed by atoms with E-state index in [9.17, 15) is 5.11 Å². The highest BCUT2D eigenvalue weighted by Gasteiger charge is 2.05. The predicted octanol–water partition coefficient (Wildman–Crippen LogP) is 2.67. The molecule has 1 rings (SSSR count). The zero-order valence-corrected chi connectivity index (χ0v) is 7.45.